The van der Waals surface area contributed by atoms with Crippen molar-refractivity contribution in [3.8, 4) is 0 Å². The van der Waals surface area contributed by atoms with Crippen LogP contribution in [-0.2, 0) is 5.41 Å². The molecule has 0 bridgehead atoms. The Hall–Kier alpha value is -1.60. The fraction of sp³-hybridized carbons (Fsp3) is 0.333. The van der Waals surface area contributed by atoms with Crippen LogP contribution in [-0.4, -0.2) is 13.6 Å². The van der Waals surface area contributed by atoms with Gasteiger partial charge in [0, 0.05) is 12.0 Å². The Kier molecular flexibility index (Phi) is 3.39. The molecule has 0 radical (unpaired) electrons. The third-order valence-corrected chi connectivity index (χ3v) is 4.45. The summed E-state index contributed by atoms with van der Waals surface area (Å²) in [4.78, 5) is 0. The van der Waals surface area contributed by atoms with Gasteiger partial charge in [-0.2, -0.15) is 0 Å². The lowest BCUT2D eigenvalue weighted by molar-refractivity contribution is 0.198. The van der Waals surface area contributed by atoms with Gasteiger partial charge in [0.2, 0.25) is 0 Å². The highest BCUT2D eigenvalue weighted by Gasteiger charge is 2.45. The van der Waals surface area contributed by atoms with Crippen molar-refractivity contribution in [2.45, 2.75) is 24.2 Å². The molecule has 1 fully saturated rings. The number of benzene rings is 2. The summed E-state index contributed by atoms with van der Waals surface area (Å²) in [6.07, 6.45) is 2.50. The van der Waals surface area contributed by atoms with E-state index < -0.39 is 0 Å². The van der Waals surface area contributed by atoms with Gasteiger partial charge in [-0.15, -0.1) is 0 Å². The highest BCUT2D eigenvalue weighted by atomic mass is 14.8. The average Bonchev–Trinajstić information content (AvgIpc) is 2.44. The zero-order valence-electron chi connectivity index (χ0n) is 11.5. The van der Waals surface area contributed by atoms with Crippen LogP contribution in [0.3, 0.4) is 0 Å². The molecule has 0 heterocycles. The van der Waals surface area contributed by atoms with E-state index >= 15 is 0 Å². The molecule has 2 aromatic rings. The number of likely N-dealkylation sites (N-methyl/N-ethyl adjacent to an activating group) is 1. The highest BCUT2D eigenvalue weighted by Crippen LogP contribution is 2.52. The van der Waals surface area contributed by atoms with Crippen LogP contribution < -0.4 is 5.32 Å². The second kappa shape index (κ2) is 5.18. The predicted octanol–water partition coefficient (Wildman–Crippen LogP) is 3.72. The van der Waals surface area contributed by atoms with E-state index in [1.807, 2.05) is 0 Å². The van der Waals surface area contributed by atoms with Gasteiger partial charge in [-0.25, -0.2) is 0 Å². The first-order valence-electron chi connectivity index (χ1n) is 7.09. The maximum Gasteiger partial charge on any atom is 0.00892 e. The molecule has 0 spiro atoms. The van der Waals surface area contributed by atoms with Crippen molar-refractivity contribution in [1.29, 1.82) is 0 Å². The quantitative estimate of drug-likeness (QED) is 0.873. The standard InChI is InChI=1S/C18H21N/c1-19-14-18(17-10-6-3-7-11-17)12-16(13-18)15-8-4-2-5-9-15/h2-11,16,19H,12-14H2,1H3. The monoisotopic (exact) mass is 251 g/mol. The number of hydrogen-bond donors (Lipinski definition) is 1. The maximum atomic E-state index is 3.38. The van der Waals surface area contributed by atoms with Gasteiger partial charge in [0.05, 0.1) is 0 Å². The summed E-state index contributed by atoms with van der Waals surface area (Å²) in [5, 5.41) is 3.38. The van der Waals surface area contributed by atoms with E-state index in [1.165, 1.54) is 24.0 Å². The van der Waals surface area contributed by atoms with Crippen LogP contribution in [0.1, 0.15) is 29.9 Å². The van der Waals surface area contributed by atoms with Crippen LogP contribution in [0.15, 0.2) is 60.7 Å². The molecule has 3 rings (SSSR count). The summed E-state index contributed by atoms with van der Waals surface area (Å²) < 4.78 is 0. The van der Waals surface area contributed by atoms with Crippen molar-refractivity contribution in [3.63, 3.8) is 0 Å². The third kappa shape index (κ3) is 2.31. The van der Waals surface area contributed by atoms with Crippen molar-refractivity contribution in [2.75, 3.05) is 13.6 Å². The summed E-state index contributed by atoms with van der Waals surface area (Å²) in [6.45, 7) is 1.07. The van der Waals surface area contributed by atoms with E-state index in [0.29, 0.717) is 5.41 Å². The van der Waals surface area contributed by atoms with Gasteiger partial charge in [-0.3, -0.25) is 0 Å². The topological polar surface area (TPSA) is 12.0 Å². The van der Waals surface area contributed by atoms with Crippen LogP contribution in [0.2, 0.25) is 0 Å². The summed E-state index contributed by atoms with van der Waals surface area (Å²) in [5.74, 6) is 0.717. The fourth-order valence-corrected chi connectivity index (χ4v) is 3.46. The molecule has 0 aliphatic heterocycles. The minimum absolute atomic E-state index is 0.330. The van der Waals surface area contributed by atoms with Crippen molar-refractivity contribution in [2.24, 2.45) is 0 Å². The second-order valence-corrected chi connectivity index (χ2v) is 5.69. The minimum atomic E-state index is 0.330. The average molecular weight is 251 g/mol. The number of hydrogen-bond acceptors (Lipinski definition) is 1. The Balaban J connectivity index is 1.80. The van der Waals surface area contributed by atoms with Crippen LogP contribution >= 0.6 is 0 Å². The summed E-state index contributed by atoms with van der Waals surface area (Å²) >= 11 is 0. The molecule has 1 heteroatoms. The zero-order chi connectivity index (χ0) is 13.1. The van der Waals surface area contributed by atoms with Crippen LogP contribution in [0.25, 0.3) is 0 Å². The minimum Gasteiger partial charge on any atom is -0.319 e. The van der Waals surface area contributed by atoms with Gasteiger partial charge >= 0.3 is 0 Å². The molecule has 0 amide bonds. The second-order valence-electron chi connectivity index (χ2n) is 5.69. The molecular formula is C18H21N. The summed E-state index contributed by atoms with van der Waals surface area (Å²) in [6, 6.07) is 21.9. The lowest BCUT2D eigenvalue weighted by atomic mass is 9.57. The summed E-state index contributed by atoms with van der Waals surface area (Å²) in [7, 11) is 2.06. The Morgan fingerprint density at radius 2 is 1.53 bits per heavy atom. The SMILES string of the molecule is CNCC1(c2ccccc2)CC(c2ccccc2)C1. The summed E-state index contributed by atoms with van der Waals surface area (Å²) in [5.41, 5.74) is 3.30. The molecule has 98 valence electrons. The molecule has 1 saturated carbocycles. The smallest absolute Gasteiger partial charge is 0.00892 e. The Bertz CT molecular complexity index is 512. The zero-order valence-corrected chi connectivity index (χ0v) is 11.5. The normalized spacial score (nSPS) is 25.8. The van der Waals surface area contributed by atoms with Gasteiger partial charge in [-0.1, -0.05) is 60.7 Å². The van der Waals surface area contributed by atoms with E-state index in [9.17, 15) is 0 Å². The van der Waals surface area contributed by atoms with Gasteiger partial charge in [0.25, 0.3) is 0 Å². The molecule has 0 saturated heterocycles. The van der Waals surface area contributed by atoms with Crippen LogP contribution in [0.5, 0.6) is 0 Å². The molecule has 1 aliphatic rings. The number of rotatable bonds is 4. The first-order chi connectivity index (χ1) is 9.34. The third-order valence-electron chi connectivity index (χ3n) is 4.45. The van der Waals surface area contributed by atoms with E-state index in [1.54, 1.807) is 0 Å². The van der Waals surface area contributed by atoms with Crippen molar-refractivity contribution in [1.82, 2.24) is 5.32 Å². The molecule has 2 aromatic carbocycles. The van der Waals surface area contributed by atoms with Crippen molar-refractivity contribution < 1.29 is 0 Å². The Labute approximate surface area is 115 Å². The maximum absolute atomic E-state index is 3.38. The predicted molar refractivity (Wildman–Crippen MR) is 80.5 cm³/mol. The highest BCUT2D eigenvalue weighted by molar-refractivity contribution is 5.35. The van der Waals surface area contributed by atoms with E-state index in [4.69, 9.17) is 0 Å². The van der Waals surface area contributed by atoms with E-state index in [-0.39, 0.29) is 0 Å². The Morgan fingerprint density at radius 3 is 2.11 bits per heavy atom. The van der Waals surface area contributed by atoms with Gasteiger partial charge in [0.1, 0.15) is 0 Å². The van der Waals surface area contributed by atoms with Gasteiger partial charge < -0.3 is 5.32 Å². The van der Waals surface area contributed by atoms with Crippen LogP contribution in [0.4, 0.5) is 0 Å². The molecule has 0 aromatic heterocycles. The largest absolute Gasteiger partial charge is 0.319 e. The first-order valence-corrected chi connectivity index (χ1v) is 7.09. The van der Waals surface area contributed by atoms with Gasteiger partial charge in [-0.05, 0) is 36.9 Å². The van der Waals surface area contributed by atoms with E-state index in [0.717, 1.165) is 12.5 Å². The molecule has 19 heavy (non-hydrogen) atoms. The Morgan fingerprint density at radius 1 is 0.947 bits per heavy atom. The first kappa shape index (κ1) is 12.4. The van der Waals surface area contributed by atoms with Crippen LogP contribution in [0, 0.1) is 0 Å². The molecule has 1 N–H and O–H groups in total. The van der Waals surface area contributed by atoms with E-state index in [2.05, 4.69) is 73.0 Å². The number of nitrogens with one attached hydrogen (secondary N) is 1. The fourth-order valence-electron chi connectivity index (χ4n) is 3.46. The van der Waals surface area contributed by atoms with Crippen molar-refractivity contribution >= 4 is 0 Å². The molecule has 0 atom stereocenters. The molecule has 1 nitrogen and oxygen atoms in total. The molecular weight excluding hydrogens is 230 g/mol. The molecule has 0 unspecified atom stereocenters. The van der Waals surface area contributed by atoms with Crippen molar-refractivity contribution in [3.05, 3.63) is 71.8 Å². The van der Waals surface area contributed by atoms with Gasteiger partial charge in [0.15, 0.2) is 0 Å². The lowest BCUT2D eigenvalue weighted by Gasteiger charge is -2.49. The lowest BCUT2D eigenvalue weighted by Crippen LogP contribution is -2.46. The molecule has 1 aliphatic carbocycles.